The number of allylic oxidation sites excluding steroid dienone is 2. The van der Waals surface area contributed by atoms with Crippen LogP contribution in [0.4, 0.5) is 9.59 Å². The molecule has 0 aromatic carbocycles. The van der Waals surface area contributed by atoms with E-state index in [1.807, 2.05) is 0 Å². The maximum atomic E-state index is 11.6. The van der Waals surface area contributed by atoms with E-state index in [1.165, 1.54) is 70.6 Å². The van der Waals surface area contributed by atoms with E-state index >= 15 is 0 Å². The Balaban J connectivity index is 1.92. The van der Waals surface area contributed by atoms with Gasteiger partial charge in [0.1, 0.15) is 0 Å². The van der Waals surface area contributed by atoms with Crippen LogP contribution in [0.15, 0.2) is 11.6 Å². The molecule has 0 spiro atoms. The number of rotatable bonds is 12. The maximum absolute atomic E-state index is 11.6. The van der Waals surface area contributed by atoms with Crippen LogP contribution in [0.3, 0.4) is 0 Å². The molecule has 0 unspecified atom stereocenters. The fourth-order valence-corrected chi connectivity index (χ4v) is 3.58. The van der Waals surface area contributed by atoms with Crippen LogP contribution >= 0.6 is 0 Å². The van der Waals surface area contributed by atoms with Crippen LogP contribution in [-0.4, -0.2) is 33.2 Å². The lowest BCUT2D eigenvalue weighted by molar-refractivity contribution is -0.127. The van der Waals surface area contributed by atoms with Crippen LogP contribution in [0, 0.1) is 0 Å². The van der Waals surface area contributed by atoms with Gasteiger partial charge in [0.15, 0.2) is 0 Å². The second-order valence-electron chi connectivity index (χ2n) is 7.44. The Bertz CT molecular complexity index is 487. The molecule has 2 N–H and O–H groups in total. The molecular weight excluding hydrogens is 346 g/mol. The predicted molar refractivity (Wildman–Crippen MR) is 105 cm³/mol. The number of carboxylic acid groups (broad SMARTS) is 2. The molecule has 1 aliphatic rings. The number of hydrogen-bond acceptors (Lipinski definition) is 3. The van der Waals surface area contributed by atoms with Gasteiger partial charge in [0.25, 0.3) is 0 Å². The number of amides is 3. The first-order valence-electron chi connectivity index (χ1n) is 10.5. The molecule has 0 radical (unpaired) electrons. The average molecular weight is 382 g/mol. The first-order valence-corrected chi connectivity index (χ1v) is 10.5. The molecule has 0 heterocycles. The molecule has 0 saturated heterocycles. The van der Waals surface area contributed by atoms with Gasteiger partial charge < -0.3 is 10.2 Å². The number of nitrogens with zero attached hydrogens (tertiary/aromatic N) is 1. The van der Waals surface area contributed by atoms with Crippen molar-refractivity contribution in [2.75, 3.05) is 0 Å². The van der Waals surface area contributed by atoms with Crippen molar-refractivity contribution in [2.45, 2.75) is 103 Å². The molecule has 0 aromatic heterocycles. The second-order valence-corrected chi connectivity index (χ2v) is 7.44. The van der Waals surface area contributed by atoms with E-state index in [-0.39, 0.29) is 11.3 Å². The lowest BCUT2D eigenvalue weighted by atomic mass is 10.0. The first-order chi connectivity index (χ1) is 13.0. The molecule has 0 atom stereocenters. The van der Waals surface area contributed by atoms with E-state index in [0.29, 0.717) is 6.42 Å². The fourth-order valence-electron chi connectivity index (χ4n) is 3.58. The summed E-state index contributed by atoms with van der Waals surface area (Å²) in [4.78, 5) is 32.8. The van der Waals surface area contributed by atoms with E-state index in [0.717, 1.165) is 19.3 Å². The van der Waals surface area contributed by atoms with Crippen LogP contribution in [-0.2, 0) is 4.79 Å². The summed E-state index contributed by atoms with van der Waals surface area (Å²) in [6.07, 6.45) is 16.7. The molecule has 6 nitrogen and oxygen atoms in total. The fraction of sp³-hybridized carbons (Fsp3) is 0.762. The Morgan fingerprint density at radius 1 is 0.778 bits per heavy atom. The summed E-state index contributed by atoms with van der Waals surface area (Å²) in [5.74, 6) is -0.862. The van der Waals surface area contributed by atoms with E-state index in [9.17, 15) is 14.4 Å². The Morgan fingerprint density at radius 3 is 1.93 bits per heavy atom. The summed E-state index contributed by atoms with van der Waals surface area (Å²) < 4.78 is 0. The van der Waals surface area contributed by atoms with Crippen molar-refractivity contribution < 1.29 is 24.6 Å². The highest BCUT2D eigenvalue weighted by Crippen LogP contribution is 2.22. The van der Waals surface area contributed by atoms with Gasteiger partial charge in [-0.1, -0.05) is 63.0 Å². The minimum atomic E-state index is -1.73. The zero-order valence-electron chi connectivity index (χ0n) is 16.5. The molecule has 27 heavy (non-hydrogen) atoms. The summed E-state index contributed by atoms with van der Waals surface area (Å²) in [6.45, 7) is 0. The standard InChI is InChI=1S/C21H35NO5/c23-19(22(20(24)25)21(26)27)17-13-7-5-3-1-2-4-6-10-14-18-15-11-8-9-12-16-18/h15H,1-14,16-17H2,(H,24,25)(H,26,27). The third-order valence-corrected chi connectivity index (χ3v) is 5.16. The average Bonchev–Trinajstić information content (AvgIpc) is 2.87. The minimum Gasteiger partial charge on any atom is -0.464 e. The van der Waals surface area contributed by atoms with Gasteiger partial charge in [-0.3, -0.25) is 4.79 Å². The monoisotopic (exact) mass is 381 g/mol. The van der Waals surface area contributed by atoms with E-state index in [4.69, 9.17) is 10.2 Å². The van der Waals surface area contributed by atoms with Crippen molar-refractivity contribution in [2.24, 2.45) is 0 Å². The maximum Gasteiger partial charge on any atom is 0.423 e. The molecule has 1 aliphatic carbocycles. The highest BCUT2D eigenvalue weighted by atomic mass is 16.4. The Hall–Kier alpha value is -1.85. The van der Waals surface area contributed by atoms with Crippen molar-refractivity contribution >= 4 is 18.1 Å². The summed E-state index contributed by atoms with van der Waals surface area (Å²) in [5.41, 5.74) is 1.67. The minimum absolute atomic E-state index is 0.0333. The molecular formula is C21H35NO5. The molecule has 3 amide bonds. The van der Waals surface area contributed by atoms with Gasteiger partial charge in [-0.25, -0.2) is 9.59 Å². The SMILES string of the molecule is O=C(O)N(C(=O)O)C(=O)CCCCCCCCCCCC1=CCCCCC1. The van der Waals surface area contributed by atoms with Gasteiger partial charge in [-0.15, -0.1) is 4.90 Å². The summed E-state index contributed by atoms with van der Waals surface area (Å²) >= 11 is 0. The predicted octanol–water partition coefficient (Wildman–Crippen LogP) is 6.35. The van der Waals surface area contributed by atoms with Crippen LogP contribution in [0.5, 0.6) is 0 Å². The van der Waals surface area contributed by atoms with Crippen molar-refractivity contribution in [3.63, 3.8) is 0 Å². The molecule has 0 aromatic rings. The lowest BCUT2D eigenvalue weighted by Gasteiger charge is -2.11. The van der Waals surface area contributed by atoms with Crippen LogP contribution in [0.25, 0.3) is 0 Å². The molecule has 0 fully saturated rings. The largest absolute Gasteiger partial charge is 0.464 e. The topological polar surface area (TPSA) is 94.9 Å². The number of carbonyl (C=O) groups is 3. The first kappa shape index (κ1) is 23.2. The third-order valence-electron chi connectivity index (χ3n) is 5.16. The van der Waals surface area contributed by atoms with Crippen molar-refractivity contribution in [1.29, 1.82) is 0 Å². The normalized spacial score (nSPS) is 14.3. The summed E-state index contributed by atoms with van der Waals surface area (Å²) in [5, 5.41) is 17.4. The highest BCUT2D eigenvalue weighted by molar-refractivity contribution is 6.05. The zero-order valence-corrected chi connectivity index (χ0v) is 16.5. The zero-order chi connectivity index (χ0) is 19.9. The van der Waals surface area contributed by atoms with Gasteiger partial charge in [0.2, 0.25) is 5.91 Å². The number of carbonyl (C=O) groups excluding carboxylic acids is 1. The second kappa shape index (κ2) is 14.2. The smallest absolute Gasteiger partial charge is 0.423 e. The van der Waals surface area contributed by atoms with E-state index in [2.05, 4.69) is 6.08 Å². The van der Waals surface area contributed by atoms with Gasteiger partial charge in [-0.2, -0.15) is 0 Å². The van der Waals surface area contributed by atoms with Crippen molar-refractivity contribution in [3.8, 4) is 0 Å². The van der Waals surface area contributed by atoms with Gasteiger partial charge in [0.05, 0.1) is 0 Å². The number of imide groups is 3. The molecule has 1 rings (SSSR count). The van der Waals surface area contributed by atoms with Crippen molar-refractivity contribution in [3.05, 3.63) is 11.6 Å². The van der Waals surface area contributed by atoms with Crippen LogP contribution in [0.1, 0.15) is 103 Å². The van der Waals surface area contributed by atoms with Gasteiger partial charge in [0, 0.05) is 6.42 Å². The number of unbranched alkanes of at least 4 members (excludes halogenated alkanes) is 8. The van der Waals surface area contributed by atoms with E-state index < -0.39 is 18.1 Å². The molecule has 0 saturated carbocycles. The lowest BCUT2D eigenvalue weighted by Crippen LogP contribution is -2.39. The third kappa shape index (κ3) is 10.8. The highest BCUT2D eigenvalue weighted by Gasteiger charge is 2.26. The molecule has 0 bridgehead atoms. The van der Waals surface area contributed by atoms with Crippen LogP contribution in [0.2, 0.25) is 0 Å². The molecule has 154 valence electrons. The summed E-state index contributed by atoms with van der Waals surface area (Å²) in [7, 11) is 0. The Morgan fingerprint density at radius 2 is 1.33 bits per heavy atom. The Kier molecular flexibility index (Phi) is 12.2. The van der Waals surface area contributed by atoms with Crippen LogP contribution < -0.4 is 0 Å². The Labute approximate surface area is 162 Å². The molecule has 0 aliphatic heterocycles. The summed E-state index contributed by atoms with van der Waals surface area (Å²) in [6, 6.07) is 0. The quantitative estimate of drug-likeness (QED) is 0.303. The number of hydrogen-bond donors (Lipinski definition) is 2. The van der Waals surface area contributed by atoms with Gasteiger partial charge >= 0.3 is 12.2 Å². The van der Waals surface area contributed by atoms with Crippen molar-refractivity contribution in [1.82, 2.24) is 4.90 Å². The molecule has 6 heteroatoms. The van der Waals surface area contributed by atoms with E-state index in [1.54, 1.807) is 5.57 Å². The van der Waals surface area contributed by atoms with Gasteiger partial charge in [-0.05, 0) is 44.9 Å².